The van der Waals surface area contributed by atoms with E-state index < -0.39 is 10.9 Å². The zero-order valence-electron chi connectivity index (χ0n) is 8.36. The molecule has 2 rings (SSSR count). The predicted molar refractivity (Wildman–Crippen MR) is 61.2 cm³/mol. The summed E-state index contributed by atoms with van der Waals surface area (Å²) in [6.07, 6.45) is 0. The van der Waals surface area contributed by atoms with Crippen LogP contribution in [0.2, 0.25) is 0 Å². The minimum absolute atomic E-state index is 0.0850. The van der Waals surface area contributed by atoms with Crippen molar-refractivity contribution >= 4 is 23.0 Å². The van der Waals surface area contributed by atoms with E-state index in [1.54, 1.807) is 18.2 Å². The van der Waals surface area contributed by atoms with Gasteiger partial charge in [0, 0.05) is 11.4 Å². The Bertz CT molecular complexity index is 593. The quantitative estimate of drug-likeness (QED) is 0.666. The lowest BCUT2D eigenvalue weighted by molar-refractivity contribution is -0.384. The van der Waals surface area contributed by atoms with Crippen molar-refractivity contribution in [2.45, 2.75) is 0 Å². The SMILES string of the molecule is O=C(O)c1nc(-c2ccccc2[N+](=O)[O-])cs1. The molecule has 6 nitrogen and oxygen atoms in total. The van der Waals surface area contributed by atoms with Crippen LogP contribution >= 0.6 is 11.3 Å². The van der Waals surface area contributed by atoms with E-state index in [0.29, 0.717) is 11.3 Å². The lowest BCUT2D eigenvalue weighted by atomic mass is 10.1. The molecule has 0 saturated heterocycles. The lowest BCUT2D eigenvalue weighted by Gasteiger charge is -1.97. The molecule has 0 aliphatic carbocycles. The summed E-state index contributed by atoms with van der Waals surface area (Å²) in [5, 5.41) is 20.9. The normalized spacial score (nSPS) is 10.1. The van der Waals surface area contributed by atoms with Crippen molar-refractivity contribution in [3.8, 4) is 11.3 Å². The molecule has 0 bridgehead atoms. The molecule has 0 aliphatic heterocycles. The minimum Gasteiger partial charge on any atom is -0.476 e. The van der Waals surface area contributed by atoms with E-state index in [-0.39, 0.29) is 10.7 Å². The summed E-state index contributed by atoms with van der Waals surface area (Å²) >= 11 is 0.940. The maximum absolute atomic E-state index is 10.8. The van der Waals surface area contributed by atoms with Crippen molar-refractivity contribution in [2.75, 3.05) is 0 Å². The van der Waals surface area contributed by atoms with E-state index in [4.69, 9.17) is 5.11 Å². The topological polar surface area (TPSA) is 93.3 Å². The van der Waals surface area contributed by atoms with Gasteiger partial charge in [-0.2, -0.15) is 0 Å². The third-order valence-corrected chi connectivity index (χ3v) is 2.89. The van der Waals surface area contributed by atoms with Crippen LogP contribution in [-0.2, 0) is 0 Å². The number of carboxylic acid groups (broad SMARTS) is 1. The second kappa shape index (κ2) is 4.30. The number of benzene rings is 1. The fraction of sp³-hybridized carbons (Fsp3) is 0. The van der Waals surface area contributed by atoms with E-state index in [2.05, 4.69) is 4.98 Å². The molecule has 0 saturated carbocycles. The van der Waals surface area contributed by atoms with Crippen LogP contribution in [0.1, 0.15) is 9.80 Å². The molecule has 0 radical (unpaired) electrons. The molecule has 0 fully saturated rings. The highest BCUT2D eigenvalue weighted by molar-refractivity contribution is 7.11. The summed E-state index contributed by atoms with van der Waals surface area (Å²) in [7, 11) is 0. The summed E-state index contributed by atoms with van der Waals surface area (Å²) in [6, 6.07) is 6.09. The van der Waals surface area contributed by atoms with Crippen LogP contribution in [0.25, 0.3) is 11.3 Å². The van der Waals surface area contributed by atoms with E-state index in [9.17, 15) is 14.9 Å². The first-order chi connectivity index (χ1) is 8.09. The number of nitrogens with zero attached hydrogens (tertiary/aromatic N) is 2. The number of aromatic nitrogens is 1. The second-order valence-electron chi connectivity index (χ2n) is 3.12. The Morgan fingerprint density at radius 1 is 1.41 bits per heavy atom. The average Bonchev–Trinajstić information content (AvgIpc) is 2.78. The molecule has 2 aromatic rings. The minimum atomic E-state index is -1.14. The monoisotopic (exact) mass is 250 g/mol. The van der Waals surface area contributed by atoms with E-state index in [1.165, 1.54) is 11.4 Å². The number of nitro benzene ring substituents is 1. The number of nitro groups is 1. The van der Waals surface area contributed by atoms with Crippen molar-refractivity contribution in [1.29, 1.82) is 0 Å². The molecule has 1 heterocycles. The molecular weight excluding hydrogens is 244 g/mol. The second-order valence-corrected chi connectivity index (χ2v) is 3.98. The van der Waals surface area contributed by atoms with Crippen molar-refractivity contribution in [3.05, 3.63) is 44.8 Å². The zero-order valence-corrected chi connectivity index (χ0v) is 9.18. The highest BCUT2D eigenvalue weighted by Gasteiger charge is 2.18. The summed E-state index contributed by atoms with van der Waals surface area (Å²) < 4.78 is 0. The Balaban J connectivity index is 2.52. The van der Waals surface area contributed by atoms with Crippen LogP contribution in [0.5, 0.6) is 0 Å². The van der Waals surface area contributed by atoms with Crippen LogP contribution in [0.4, 0.5) is 5.69 Å². The van der Waals surface area contributed by atoms with Gasteiger partial charge in [-0.3, -0.25) is 10.1 Å². The van der Waals surface area contributed by atoms with Gasteiger partial charge in [0.2, 0.25) is 5.01 Å². The van der Waals surface area contributed by atoms with E-state index in [0.717, 1.165) is 11.3 Å². The maximum atomic E-state index is 10.8. The van der Waals surface area contributed by atoms with E-state index in [1.807, 2.05) is 0 Å². The maximum Gasteiger partial charge on any atom is 0.365 e. The van der Waals surface area contributed by atoms with E-state index >= 15 is 0 Å². The highest BCUT2D eigenvalue weighted by atomic mass is 32.1. The van der Waals surface area contributed by atoms with Crippen LogP contribution < -0.4 is 0 Å². The Kier molecular flexibility index (Phi) is 2.84. The summed E-state index contributed by atoms with van der Waals surface area (Å²) in [4.78, 5) is 24.8. The summed E-state index contributed by atoms with van der Waals surface area (Å²) in [5.41, 5.74) is 0.538. The molecule has 0 spiro atoms. The van der Waals surface area contributed by atoms with Crippen molar-refractivity contribution in [1.82, 2.24) is 4.98 Å². The Hall–Kier alpha value is -2.28. The zero-order chi connectivity index (χ0) is 12.4. The van der Waals surface area contributed by atoms with Gasteiger partial charge in [-0.15, -0.1) is 11.3 Å². The van der Waals surface area contributed by atoms with Crippen LogP contribution in [-0.4, -0.2) is 21.0 Å². The molecule has 7 heteroatoms. The molecule has 1 aromatic carbocycles. The van der Waals surface area contributed by atoms with Crippen molar-refractivity contribution in [2.24, 2.45) is 0 Å². The first-order valence-corrected chi connectivity index (χ1v) is 5.40. The molecule has 1 N–H and O–H groups in total. The number of aromatic carboxylic acids is 1. The summed E-state index contributed by atoms with van der Waals surface area (Å²) in [5.74, 6) is -1.14. The number of hydrogen-bond donors (Lipinski definition) is 1. The predicted octanol–water partition coefficient (Wildman–Crippen LogP) is 2.42. The molecule has 0 amide bonds. The first-order valence-electron chi connectivity index (χ1n) is 4.52. The number of carbonyl (C=O) groups is 1. The Morgan fingerprint density at radius 2 is 2.12 bits per heavy atom. The van der Waals surface area contributed by atoms with Gasteiger partial charge in [0.1, 0.15) is 0 Å². The third-order valence-electron chi connectivity index (χ3n) is 2.06. The molecule has 0 aliphatic rings. The number of carboxylic acids is 1. The van der Waals surface area contributed by atoms with Crippen LogP contribution in [0, 0.1) is 10.1 Å². The van der Waals surface area contributed by atoms with Crippen LogP contribution in [0.3, 0.4) is 0 Å². The molecule has 86 valence electrons. The fourth-order valence-corrected chi connectivity index (χ4v) is 2.00. The van der Waals surface area contributed by atoms with Gasteiger partial charge in [-0.05, 0) is 6.07 Å². The van der Waals surface area contributed by atoms with Crippen molar-refractivity contribution < 1.29 is 14.8 Å². The number of para-hydroxylation sites is 1. The largest absolute Gasteiger partial charge is 0.476 e. The van der Waals surface area contributed by atoms with Crippen molar-refractivity contribution in [3.63, 3.8) is 0 Å². The Labute approximate surface area is 99.3 Å². The molecule has 17 heavy (non-hydrogen) atoms. The molecule has 0 atom stereocenters. The number of rotatable bonds is 3. The van der Waals surface area contributed by atoms with Gasteiger partial charge in [0.15, 0.2) is 0 Å². The Morgan fingerprint density at radius 3 is 2.71 bits per heavy atom. The third kappa shape index (κ3) is 2.13. The standard InChI is InChI=1S/C10H6N2O4S/c13-10(14)9-11-7(5-17-9)6-3-1-2-4-8(6)12(15)16/h1-5H,(H,13,14). The molecule has 1 aromatic heterocycles. The van der Waals surface area contributed by atoms with Gasteiger partial charge >= 0.3 is 5.97 Å². The fourth-order valence-electron chi connectivity index (χ4n) is 1.35. The smallest absolute Gasteiger partial charge is 0.365 e. The lowest BCUT2D eigenvalue weighted by Crippen LogP contribution is -1.95. The molecule has 0 unspecified atom stereocenters. The van der Waals surface area contributed by atoms with Crippen LogP contribution in [0.15, 0.2) is 29.6 Å². The highest BCUT2D eigenvalue weighted by Crippen LogP contribution is 2.30. The number of hydrogen-bond acceptors (Lipinski definition) is 5. The summed E-state index contributed by atoms with van der Waals surface area (Å²) in [6.45, 7) is 0. The van der Waals surface area contributed by atoms with Gasteiger partial charge < -0.3 is 5.11 Å². The molecular formula is C10H6N2O4S. The average molecular weight is 250 g/mol. The van der Waals surface area contributed by atoms with Gasteiger partial charge in [-0.25, -0.2) is 9.78 Å². The van der Waals surface area contributed by atoms with Gasteiger partial charge in [0.25, 0.3) is 5.69 Å². The van der Waals surface area contributed by atoms with Gasteiger partial charge in [0.05, 0.1) is 16.2 Å². The number of thiazole rings is 1. The first kappa shape index (κ1) is 11.2. The van der Waals surface area contributed by atoms with Gasteiger partial charge in [-0.1, -0.05) is 12.1 Å².